The van der Waals surface area contributed by atoms with E-state index >= 15 is 0 Å². The zero-order valence-corrected chi connectivity index (χ0v) is 9.55. The monoisotopic (exact) mass is 255 g/mol. The second kappa shape index (κ2) is 6.20. The van der Waals surface area contributed by atoms with Gasteiger partial charge in [-0.25, -0.2) is 0 Å². The van der Waals surface area contributed by atoms with Crippen LogP contribution in [0.1, 0.15) is 19.8 Å². The van der Waals surface area contributed by atoms with E-state index in [-0.39, 0.29) is 19.3 Å². The first-order chi connectivity index (χ1) is 7.92. The SMILES string of the molecule is CCOC(=O)C(COCC(F)(F)F)NC1CC1. The summed E-state index contributed by atoms with van der Waals surface area (Å²) >= 11 is 0. The minimum Gasteiger partial charge on any atom is -0.465 e. The quantitative estimate of drug-likeness (QED) is 0.695. The molecule has 1 aliphatic rings. The molecule has 1 saturated carbocycles. The van der Waals surface area contributed by atoms with Gasteiger partial charge in [-0.2, -0.15) is 13.2 Å². The normalized spacial score (nSPS) is 17.9. The van der Waals surface area contributed by atoms with E-state index in [0.717, 1.165) is 12.8 Å². The number of esters is 1. The summed E-state index contributed by atoms with van der Waals surface area (Å²) in [6.45, 7) is 0.160. The number of carbonyl (C=O) groups excluding carboxylic acids is 1. The van der Waals surface area contributed by atoms with Crippen molar-refractivity contribution in [1.82, 2.24) is 5.32 Å². The lowest BCUT2D eigenvalue weighted by atomic mass is 10.3. The molecule has 1 atom stereocenters. The molecule has 0 bridgehead atoms. The molecule has 0 aromatic rings. The molecule has 0 aromatic carbocycles. The standard InChI is InChI=1S/C10H16F3NO3/c1-2-17-9(15)8(14-7-3-4-7)5-16-6-10(11,12)13/h7-8,14H,2-6H2,1H3. The predicted molar refractivity (Wildman–Crippen MR) is 53.5 cm³/mol. The number of carbonyl (C=O) groups is 1. The largest absolute Gasteiger partial charge is 0.465 e. The third-order valence-corrected chi connectivity index (χ3v) is 2.14. The van der Waals surface area contributed by atoms with Gasteiger partial charge >= 0.3 is 12.1 Å². The van der Waals surface area contributed by atoms with Crippen LogP contribution in [0.3, 0.4) is 0 Å². The minimum atomic E-state index is -4.38. The Morgan fingerprint density at radius 3 is 2.59 bits per heavy atom. The van der Waals surface area contributed by atoms with Crippen molar-refractivity contribution in [3.63, 3.8) is 0 Å². The first-order valence-electron chi connectivity index (χ1n) is 5.49. The molecule has 0 aliphatic heterocycles. The number of alkyl halides is 3. The van der Waals surface area contributed by atoms with Crippen molar-refractivity contribution in [2.45, 2.75) is 38.0 Å². The smallest absolute Gasteiger partial charge is 0.411 e. The number of hydrogen-bond donors (Lipinski definition) is 1. The highest BCUT2D eigenvalue weighted by Gasteiger charge is 2.32. The molecule has 1 aliphatic carbocycles. The van der Waals surface area contributed by atoms with Gasteiger partial charge in [0.05, 0.1) is 13.2 Å². The van der Waals surface area contributed by atoms with Gasteiger partial charge in [-0.3, -0.25) is 10.1 Å². The van der Waals surface area contributed by atoms with Gasteiger partial charge in [0.1, 0.15) is 12.6 Å². The van der Waals surface area contributed by atoms with Crippen molar-refractivity contribution in [3.05, 3.63) is 0 Å². The first-order valence-corrected chi connectivity index (χ1v) is 5.49. The fraction of sp³-hybridized carbons (Fsp3) is 0.900. The van der Waals surface area contributed by atoms with Crippen LogP contribution in [-0.4, -0.2) is 44.0 Å². The molecule has 0 saturated heterocycles. The van der Waals surface area contributed by atoms with Crippen molar-refractivity contribution in [2.75, 3.05) is 19.8 Å². The average Bonchev–Trinajstić information content (AvgIpc) is 2.98. The van der Waals surface area contributed by atoms with Crippen LogP contribution in [0.15, 0.2) is 0 Å². The van der Waals surface area contributed by atoms with Crippen LogP contribution in [0.2, 0.25) is 0 Å². The zero-order chi connectivity index (χ0) is 12.9. The molecule has 17 heavy (non-hydrogen) atoms. The molecule has 7 heteroatoms. The van der Waals surface area contributed by atoms with Crippen LogP contribution in [0.5, 0.6) is 0 Å². The summed E-state index contributed by atoms with van der Waals surface area (Å²) in [6.07, 6.45) is -2.52. The molecule has 1 fully saturated rings. The molecule has 1 N–H and O–H groups in total. The third-order valence-electron chi connectivity index (χ3n) is 2.14. The molecule has 0 heterocycles. The lowest BCUT2D eigenvalue weighted by molar-refractivity contribution is -0.178. The van der Waals surface area contributed by atoms with E-state index in [1.54, 1.807) is 6.92 Å². The highest BCUT2D eigenvalue weighted by molar-refractivity contribution is 5.76. The van der Waals surface area contributed by atoms with Gasteiger partial charge in [-0.1, -0.05) is 0 Å². The molecule has 100 valence electrons. The summed E-state index contributed by atoms with van der Waals surface area (Å²) in [4.78, 5) is 11.4. The first kappa shape index (κ1) is 14.2. The van der Waals surface area contributed by atoms with Crippen LogP contribution >= 0.6 is 0 Å². The molecule has 0 aromatic heterocycles. The summed E-state index contributed by atoms with van der Waals surface area (Å²) < 4.78 is 44.8. The van der Waals surface area contributed by atoms with Crippen molar-refractivity contribution < 1.29 is 27.4 Å². The van der Waals surface area contributed by atoms with Crippen LogP contribution in [-0.2, 0) is 14.3 Å². The molecule has 1 unspecified atom stereocenters. The maximum absolute atomic E-state index is 11.9. The van der Waals surface area contributed by atoms with E-state index in [2.05, 4.69) is 10.1 Å². The number of hydrogen-bond acceptors (Lipinski definition) is 4. The summed E-state index contributed by atoms with van der Waals surface area (Å²) in [5, 5.41) is 2.89. The topological polar surface area (TPSA) is 47.6 Å². The maximum atomic E-state index is 11.9. The second-order valence-electron chi connectivity index (χ2n) is 3.88. The van der Waals surface area contributed by atoms with Crippen molar-refractivity contribution in [2.24, 2.45) is 0 Å². The van der Waals surface area contributed by atoms with Gasteiger partial charge in [0.25, 0.3) is 0 Å². The molecule has 0 spiro atoms. The molecule has 0 amide bonds. The van der Waals surface area contributed by atoms with Gasteiger partial charge in [0.15, 0.2) is 0 Å². The molecule has 4 nitrogen and oxygen atoms in total. The van der Waals surface area contributed by atoms with Gasteiger partial charge in [0, 0.05) is 6.04 Å². The number of rotatable bonds is 7. The maximum Gasteiger partial charge on any atom is 0.411 e. The fourth-order valence-electron chi connectivity index (χ4n) is 1.25. The van der Waals surface area contributed by atoms with E-state index in [1.807, 2.05) is 0 Å². The van der Waals surface area contributed by atoms with E-state index < -0.39 is 24.8 Å². The third kappa shape index (κ3) is 6.48. The van der Waals surface area contributed by atoms with Gasteiger partial charge in [0.2, 0.25) is 0 Å². The van der Waals surface area contributed by atoms with Crippen LogP contribution in [0.4, 0.5) is 13.2 Å². The Balaban J connectivity index is 2.31. The Kier molecular flexibility index (Phi) is 5.20. The Morgan fingerprint density at radius 2 is 2.12 bits per heavy atom. The molecular formula is C10H16F3NO3. The number of nitrogens with one attached hydrogen (secondary N) is 1. The van der Waals surface area contributed by atoms with Crippen LogP contribution < -0.4 is 5.32 Å². The Bertz CT molecular complexity index is 254. The molecule has 1 rings (SSSR count). The van der Waals surface area contributed by atoms with Gasteiger partial charge in [-0.05, 0) is 19.8 Å². The lowest BCUT2D eigenvalue weighted by Crippen LogP contribution is -2.43. The van der Waals surface area contributed by atoms with Crippen LogP contribution in [0.25, 0.3) is 0 Å². The van der Waals surface area contributed by atoms with Crippen LogP contribution in [0, 0.1) is 0 Å². The van der Waals surface area contributed by atoms with E-state index in [9.17, 15) is 18.0 Å². The number of ether oxygens (including phenoxy) is 2. The Morgan fingerprint density at radius 1 is 1.47 bits per heavy atom. The van der Waals surface area contributed by atoms with Gasteiger partial charge in [-0.15, -0.1) is 0 Å². The van der Waals surface area contributed by atoms with Crippen molar-refractivity contribution in [3.8, 4) is 0 Å². The molecular weight excluding hydrogens is 239 g/mol. The van der Waals surface area contributed by atoms with Crippen molar-refractivity contribution in [1.29, 1.82) is 0 Å². The fourth-order valence-corrected chi connectivity index (χ4v) is 1.25. The second-order valence-corrected chi connectivity index (χ2v) is 3.88. The van der Waals surface area contributed by atoms with E-state index in [0.29, 0.717) is 0 Å². The van der Waals surface area contributed by atoms with E-state index in [4.69, 9.17) is 4.74 Å². The molecule has 0 radical (unpaired) electrons. The number of halogens is 3. The highest BCUT2D eigenvalue weighted by Crippen LogP contribution is 2.20. The van der Waals surface area contributed by atoms with Gasteiger partial charge < -0.3 is 9.47 Å². The summed E-state index contributed by atoms with van der Waals surface area (Å²) in [5.74, 6) is -0.568. The Labute approximate surface area is 97.5 Å². The zero-order valence-electron chi connectivity index (χ0n) is 9.55. The lowest BCUT2D eigenvalue weighted by Gasteiger charge is -2.17. The summed E-state index contributed by atoms with van der Waals surface area (Å²) in [6, 6.07) is -0.622. The summed E-state index contributed by atoms with van der Waals surface area (Å²) in [5.41, 5.74) is 0. The highest BCUT2D eigenvalue weighted by atomic mass is 19.4. The summed E-state index contributed by atoms with van der Waals surface area (Å²) in [7, 11) is 0. The predicted octanol–water partition coefficient (Wildman–Crippen LogP) is 1.25. The average molecular weight is 255 g/mol. The minimum absolute atomic E-state index is 0.193. The van der Waals surface area contributed by atoms with E-state index in [1.165, 1.54) is 0 Å². The van der Waals surface area contributed by atoms with Crippen molar-refractivity contribution >= 4 is 5.97 Å². The Hall–Kier alpha value is -0.820.